The highest BCUT2D eigenvalue weighted by Gasteiger charge is 2.37. The molecule has 19 heavy (non-hydrogen) atoms. The van der Waals surface area contributed by atoms with E-state index in [1.165, 1.54) is 6.42 Å². The summed E-state index contributed by atoms with van der Waals surface area (Å²) in [4.78, 5) is 0. The van der Waals surface area contributed by atoms with E-state index in [-0.39, 0.29) is 16.7 Å². The zero-order chi connectivity index (χ0) is 14.7. The number of hydrogen-bond acceptors (Lipinski definition) is 2. The Hall–Kier alpha value is 0.390. The number of nitrogens with one attached hydrogen (secondary N) is 1. The van der Waals surface area contributed by atoms with Crippen molar-refractivity contribution < 1.29 is 8.42 Å². The van der Waals surface area contributed by atoms with Gasteiger partial charge in [-0.2, -0.15) is 0 Å². The largest absolute Gasteiger partial charge is 0.212 e. The van der Waals surface area contributed by atoms with Crippen LogP contribution in [0.1, 0.15) is 59.8 Å². The predicted octanol–water partition coefficient (Wildman–Crippen LogP) is 3.69. The SMILES string of the molecule is CC1CCCC(CBr)(NS(=O)(=O)CCC(C)(C)C)C1. The Bertz CT molecular complexity index is 389. The average Bonchev–Trinajstić information content (AvgIpc) is 2.25. The van der Waals surface area contributed by atoms with Gasteiger partial charge in [-0.3, -0.25) is 0 Å². The van der Waals surface area contributed by atoms with Gasteiger partial charge >= 0.3 is 0 Å². The summed E-state index contributed by atoms with van der Waals surface area (Å²) in [5.74, 6) is 0.816. The molecule has 0 heterocycles. The second kappa shape index (κ2) is 6.44. The third-order valence-electron chi connectivity index (χ3n) is 3.84. The third kappa shape index (κ3) is 6.13. The van der Waals surface area contributed by atoms with Crippen molar-refractivity contribution in [2.75, 3.05) is 11.1 Å². The molecule has 1 aliphatic rings. The first-order chi connectivity index (χ1) is 8.58. The fourth-order valence-corrected chi connectivity index (χ4v) is 5.46. The molecule has 114 valence electrons. The molecule has 0 amide bonds. The number of alkyl halides is 1. The maximum absolute atomic E-state index is 12.3. The van der Waals surface area contributed by atoms with E-state index < -0.39 is 10.0 Å². The molecule has 1 N–H and O–H groups in total. The Kier molecular flexibility index (Phi) is 5.91. The predicted molar refractivity (Wildman–Crippen MR) is 85.2 cm³/mol. The topological polar surface area (TPSA) is 46.2 Å². The minimum atomic E-state index is -3.19. The molecule has 1 fully saturated rings. The van der Waals surface area contributed by atoms with E-state index >= 15 is 0 Å². The molecule has 2 unspecified atom stereocenters. The molecular weight excluding hydrogens is 326 g/mol. The minimum Gasteiger partial charge on any atom is -0.212 e. The van der Waals surface area contributed by atoms with Gasteiger partial charge in [0.05, 0.1) is 5.75 Å². The Balaban J connectivity index is 2.69. The highest BCUT2D eigenvalue weighted by atomic mass is 79.9. The summed E-state index contributed by atoms with van der Waals surface area (Å²) in [5.41, 5.74) is -0.218. The van der Waals surface area contributed by atoms with E-state index in [0.717, 1.165) is 19.3 Å². The van der Waals surface area contributed by atoms with Crippen molar-refractivity contribution in [3.8, 4) is 0 Å². The van der Waals surface area contributed by atoms with Crippen LogP contribution in [0.3, 0.4) is 0 Å². The summed E-state index contributed by atoms with van der Waals surface area (Å²) < 4.78 is 27.6. The maximum atomic E-state index is 12.3. The molecule has 0 bridgehead atoms. The first kappa shape index (κ1) is 17.4. The molecule has 0 saturated heterocycles. The van der Waals surface area contributed by atoms with Gasteiger partial charge in [0.15, 0.2) is 0 Å². The summed E-state index contributed by atoms with van der Waals surface area (Å²) >= 11 is 3.51. The molecule has 1 rings (SSSR count). The third-order valence-corrected chi connectivity index (χ3v) is 6.40. The van der Waals surface area contributed by atoms with E-state index in [1.807, 2.05) is 0 Å². The Labute approximate surface area is 127 Å². The summed E-state index contributed by atoms with van der Waals surface area (Å²) in [6.07, 6.45) is 4.88. The monoisotopic (exact) mass is 353 g/mol. The highest BCUT2D eigenvalue weighted by molar-refractivity contribution is 9.09. The quantitative estimate of drug-likeness (QED) is 0.766. The van der Waals surface area contributed by atoms with E-state index in [1.54, 1.807) is 0 Å². The second-order valence-corrected chi connectivity index (χ2v) is 9.75. The fraction of sp³-hybridized carbons (Fsp3) is 1.00. The van der Waals surface area contributed by atoms with Crippen LogP contribution in [0.15, 0.2) is 0 Å². The molecule has 5 heteroatoms. The van der Waals surface area contributed by atoms with Crippen molar-refractivity contribution in [2.24, 2.45) is 11.3 Å². The van der Waals surface area contributed by atoms with Gasteiger partial charge in [-0.15, -0.1) is 0 Å². The van der Waals surface area contributed by atoms with Crippen LogP contribution < -0.4 is 4.72 Å². The van der Waals surface area contributed by atoms with Gasteiger partial charge in [0.25, 0.3) is 0 Å². The van der Waals surface area contributed by atoms with Crippen molar-refractivity contribution >= 4 is 26.0 Å². The van der Waals surface area contributed by atoms with Gasteiger partial charge in [-0.05, 0) is 30.6 Å². The van der Waals surface area contributed by atoms with Crippen LogP contribution in [0.4, 0.5) is 0 Å². The van der Waals surface area contributed by atoms with Crippen molar-refractivity contribution in [3.05, 3.63) is 0 Å². The van der Waals surface area contributed by atoms with E-state index in [9.17, 15) is 8.42 Å². The van der Waals surface area contributed by atoms with Gasteiger partial charge in [0.1, 0.15) is 0 Å². The lowest BCUT2D eigenvalue weighted by Gasteiger charge is -2.39. The summed E-state index contributed by atoms with van der Waals surface area (Å²) in [6, 6.07) is 0. The lowest BCUT2D eigenvalue weighted by atomic mass is 9.78. The van der Waals surface area contributed by atoms with Crippen molar-refractivity contribution in [1.82, 2.24) is 4.72 Å². The van der Waals surface area contributed by atoms with Gasteiger partial charge < -0.3 is 0 Å². The number of sulfonamides is 1. The molecule has 1 aliphatic carbocycles. The van der Waals surface area contributed by atoms with Crippen molar-refractivity contribution in [3.63, 3.8) is 0 Å². The standard InChI is InChI=1S/C14H28BrNO2S/c1-12-6-5-7-14(10-12,11-15)16-19(17,18)9-8-13(2,3)4/h12,16H,5-11H2,1-4H3. The fourth-order valence-electron chi connectivity index (χ4n) is 2.72. The number of rotatable bonds is 5. The van der Waals surface area contributed by atoms with Crippen LogP contribution in [0.5, 0.6) is 0 Å². The Morgan fingerprint density at radius 2 is 2.00 bits per heavy atom. The molecule has 0 aromatic rings. The zero-order valence-electron chi connectivity index (χ0n) is 12.6. The zero-order valence-corrected chi connectivity index (χ0v) is 15.0. The molecule has 2 atom stereocenters. The molecule has 1 saturated carbocycles. The maximum Gasteiger partial charge on any atom is 0.212 e. The normalized spacial score (nSPS) is 29.4. The van der Waals surface area contributed by atoms with Crippen LogP contribution in [0.2, 0.25) is 0 Å². The second-order valence-electron chi connectivity index (χ2n) is 7.35. The Morgan fingerprint density at radius 3 is 2.47 bits per heavy atom. The molecule has 0 aromatic heterocycles. The molecule has 0 aliphatic heterocycles. The summed E-state index contributed by atoms with van der Waals surface area (Å²) in [6.45, 7) is 8.43. The van der Waals surface area contributed by atoms with Crippen LogP contribution in [0, 0.1) is 11.3 Å². The molecule has 0 spiro atoms. The van der Waals surface area contributed by atoms with Crippen LogP contribution >= 0.6 is 15.9 Å². The summed E-state index contributed by atoms with van der Waals surface area (Å²) in [7, 11) is -3.19. The molecular formula is C14H28BrNO2S. The van der Waals surface area contributed by atoms with Crippen LogP contribution in [-0.2, 0) is 10.0 Å². The number of halogens is 1. The van der Waals surface area contributed by atoms with E-state index in [4.69, 9.17) is 0 Å². The van der Waals surface area contributed by atoms with E-state index in [2.05, 4.69) is 48.3 Å². The Morgan fingerprint density at radius 1 is 1.37 bits per heavy atom. The first-order valence-corrected chi connectivity index (χ1v) is 9.93. The van der Waals surface area contributed by atoms with Crippen molar-refractivity contribution in [2.45, 2.75) is 65.3 Å². The van der Waals surface area contributed by atoms with Crippen LogP contribution in [0.25, 0.3) is 0 Å². The molecule has 3 nitrogen and oxygen atoms in total. The van der Waals surface area contributed by atoms with Crippen LogP contribution in [-0.4, -0.2) is 25.0 Å². The van der Waals surface area contributed by atoms with Crippen molar-refractivity contribution in [1.29, 1.82) is 0 Å². The lowest BCUT2D eigenvalue weighted by molar-refractivity contribution is 0.241. The van der Waals surface area contributed by atoms with E-state index in [0.29, 0.717) is 17.7 Å². The lowest BCUT2D eigenvalue weighted by Crippen LogP contribution is -2.53. The highest BCUT2D eigenvalue weighted by Crippen LogP contribution is 2.34. The average molecular weight is 354 g/mol. The summed E-state index contributed by atoms with van der Waals surface area (Å²) in [5, 5.41) is 0.707. The van der Waals surface area contributed by atoms with Gasteiger partial charge in [-0.25, -0.2) is 13.1 Å². The smallest absolute Gasteiger partial charge is 0.212 e. The minimum absolute atomic E-state index is 0.0518. The van der Waals surface area contributed by atoms with Gasteiger partial charge in [0, 0.05) is 10.9 Å². The first-order valence-electron chi connectivity index (χ1n) is 7.15. The van der Waals surface area contributed by atoms with Gasteiger partial charge in [-0.1, -0.05) is 56.5 Å². The van der Waals surface area contributed by atoms with Gasteiger partial charge in [0.2, 0.25) is 10.0 Å². The molecule has 0 radical (unpaired) electrons. The molecule has 0 aromatic carbocycles. The number of hydrogen-bond donors (Lipinski definition) is 1.